The van der Waals surface area contributed by atoms with E-state index >= 15 is 0 Å². The van der Waals surface area contributed by atoms with Crippen molar-refractivity contribution in [1.29, 1.82) is 0 Å². The maximum Gasteiger partial charge on any atom is 0.217 e. The largest absolute Gasteiger partial charge is 0.472 e. The van der Waals surface area contributed by atoms with Gasteiger partial charge in [0.15, 0.2) is 0 Å². The number of carbonyl (C=O) groups excluding carboxylic acids is 1. The van der Waals surface area contributed by atoms with Crippen LogP contribution in [0.3, 0.4) is 0 Å². The molecule has 0 aromatic carbocycles. The maximum absolute atomic E-state index is 11.1. The van der Waals surface area contributed by atoms with Crippen molar-refractivity contribution in [3.05, 3.63) is 31.0 Å². The first-order valence-corrected chi connectivity index (χ1v) is 6.59. The SMILES string of the molecule is CC(=O)NC1CCN(c2cc(-c3ccoc3)ncn2)C1. The van der Waals surface area contributed by atoms with Crippen LogP contribution in [0.1, 0.15) is 13.3 Å². The van der Waals surface area contributed by atoms with E-state index in [-0.39, 0.29) is 11.9 Å². The first kappa shape index (κ1) is 12.7. The number of anilines is 1. The average Bonchev–Trinajstić information content (AvgIpc) is 3.09. The van der Waals surface area contributed by atoms with Crippen LogP contribution in [0.2, 0.25) is 0 Å². The zero-order valence-electron chi connectivity index (χ0n) is 11.2. The molecule has 3 rings (SSSR count). The van der Waals surface area contributed by atoms with Gasteiger partial charge in [0.2, 0.25) is 5.91 Å². The molecule has 6 heteroatoms. The lowest BCUT2D eigenvalue weighted by atomic mass is 10.2. The van der Waals surface area contributed by atoms with E-state index < -0.39 is 0 Å². The van der Waals surface area contributed by atoms with Gasteiger partial charge < -0.3 is 14.6 Å². The molecule has 1 N–H and O–H groups in total. The van der Waals surface area contributed by atoms with Crippen molar-refractivity contribution in [3.63, 3.8) is 0 Å². The van der Waals surface area contributed by atoms with Gasteiger partial charge >= 0.3 is 0 Å². The minimum atomic E-state index is 0.0126. The Balaban J connectivity index is 1.75. The highest BCUT2D eigenvalue weighted by molar-refractivity contribution is 5.73. The predicted octanol–water partition coefficient (Wildman–Crippen LogP) is 1.45. The Morgan fingerprint density at radius 3 is 3.15 bits per heavy atom. The fourth-order valence-corrected chi connectivity index (χ4v) is 2.46. The zero-order chi connectivity index (χ0) is 13.9. The first-order chi connectivity index (χ1) is 9.72. The second-order valence-electron chi connectivity index (χ2n) is 4.91. The quantitative estimate of drug-likeness (QED) is 0.915. The zero-order valence-corrected chi connectivity index (χ0v) is 11.2. The minimum Gasteiger partial charge on any atom is -0.472 e. The lowest BCUT2D eigenvalue weighted by Crippen LogP contribution is -2.35. The Bertz CT molecular complexity index is 597. The monoisotopic (exact) mass is 272 g/mol. The average molecular weight is 272 g/mol. The molecule has 0 spiro atoms. The van der Waals surface area contributed by atoms with E-state index in [0.29, 0.717) is 0 Å². The Morgan fingerprint density at radius 1 is 1.50 bits per heavy atom. The smallest absolute Gasteiger partial charge is 0.217 e. The second kappa shape index (κ2) is 5.32. The molecule has 1 aliphatic rings. The summed E-state index contributed by atoms with van der Waals surface area (Å²) < 4.78 is 5.07. The number of carbonyl (C=O) groups is 1. The summed E-state index contributed by atoms with van der Waals surface area (Å²) in [5, 5.41) is 2.94. The molecule has 1 fully saturated rings. The molecule has 104 valence electrons. The third kappa shape index (κ3) is 2.64. The molecule has 1 atom stereocenters. The Kier molecular flexibility index (Phi) is 3.37. The van der Waals surface area contributed by atoms with Crippen LogP contribution in [-0.2, 0) is 4.79 Å². The van der Waals surface area contributed by atoms with E-state index in [2.05, 4.69) is 20.2 Å². The highest BCUT2D eigenvalue weighted by Gasteiger charge is 2.24. The summed E-state index contributed by atoms with van der Waals surface area (Å²) in [6, 6.07) is 4.01. The van der Waals surface area contributed by atoms with E-state index in [4.69, 9.17) is 4.42 Å². The van der Waals surface area contributed by atoms with Crippen molar-refractivity contribution < 1.29 is 9.21 Å². The van der Waals surface area contributed by atoms with Crippen LogP contribution in [0.15, 0.2) is 35.4 Å². The molecule has 0 saturated carbocycles. The third-order valence-corrected chi connectivity index (χ3v) is 3.39. The highest BCUT2D eigenvalue weighted by Crippen LogP contribution is 2.23. The lowest BCUT2D eigenvalue weighted by molar-refractivity contribution is -0.119. The van der Waals surface area contributed by atoms with Crippen molar-refractivity contribution in [2.45, 2.75) is 19.4 Å². The number of furan rings is 1. The van der Waals surface area contributed by atoms with Crippen LogP contribution < -0.4 is 10.2 Å². The highest BCUT2D eigenvalue weighted by atomic mass is 16.3. The number of rotatable bonds is 3. The maximum atomic E-state index is 11.1. The molecule has 1 aliphatic heterocycles. The number of nitrogens with zero attached hydrogens (tertiary/aromatic N) is 3. The Hall–Kier alpha value is -2.37. The number of nitrogens with one attached hydrogen (secondary N) is 1. The van der Waals surface area contributed by atoms with Crippen molar-refractivity contribution in [3.8, 4) is 11.3 Å². The molecule has 1 saturated heterocycles. The first-order valence-electron chi connectivity index (χ1n) is 6.59. The normalized spacial score (nSPS) is 18.2. The van der Waals surface area contributed by atoms with E-state index in [9.17, 15) is 4.79 Å². The van der Waals surface area contributed by atoms with Gasteiger partial charge in [0, 0.05) is 37.7 Å². The van der Waals surface area contributed by atoms with Crippen molar-refractivity contribution in [2.75, 3.05) is 18.0 Å². The summed E-state index contributed by atoms with van der Waals surface area (Å²) in [5.41, 5.74) is 1.78. The van der Waals surface area contributed by atoms with Crippen LogP contribution in [0.25, 0.3) is 11.3 Å². The van der Waals surface area contributed by atoms with Crippen molar-refractivity contribution >= 4 is 11.7 Å². The molecule has 6 nitrogen and oxygen atoms in total. The van der Waals surface area contributed by atoms with Gasteiger partial charge in [-0.05, 0) is 12.5 Å². The Labute approximate surface area is 116 Å². The molecule has 2 aromatic heterocycles. The molecular weight excluding hydrogens is 256 g/mol. The summed E-state index contributed by atoms with van der Waals surface area (Å²) in [4.78, 5) is 21.8. The summed E-state index contributed by atoms with van der Waals surface area (Å²) >= 11 is 0. The van der Waals surface area contributed by atoms with Crippen molar-refractivity contribution in [1.82, 2.24) is 15.3 Å². The molecule has 0 bridgehead atoms. The van der Waals surface area contributed by atoms with Gasteiger partial charge in [-0.1, -0.05) is 0 Å². The topological polar surface area (TPSA) is 71.3 Å². The van der Waals surface area contributed by atoms with Gasteiger partial charge in [-0.2, -0.15) is 0 Å². The van der Waals surface area contributed by atoms with Crippen LogP contribution in [0.5, 0.6) is 0 Å². The number of hydrogen-bond donors (Lipinski definition) is 1. The fourth-order valence-electron chi connectivity index (χ4n) is 2.46. The van der Waals surface area contributed by atoms with E-state index in [1.807, 2.05) is 12.1 Å². The van der Waals surface area contributed by atoms with Gasteiger partial charge in [0.25, 0.3) is 0 Å². The fraction of sp³-hybridized carbons (Fsp3) is 0.357. The third-order valence-electron chi connectivity index (χ3n) is 3.39. The van der Waals surface area contributed by atoms with Gasteiger partial charge in [-0.25, -0.2) is 9.97 Å². The number of aromatic nitrogens is 2. The van der Waals surface area contributed by atoms with Gasteiger partial charge in [-0.3, -0.25) is 4.79 Å². The van der Waals surface area contributed by atoms with E-state index in [0.717, 1.165) is 36.6 Å². The van der Waals surface area contributed by atoms with Crippen LogP contribution in [0.4, 0.5) is 5.82 Å². The van der Waals surface area contributed by atoms with E-state index in [1.165, 1.54) is 0 Å². The molecule has 0 radical (unpaired) electrons. The lowest BCUT2D eigenvalue weighted by Gasteiger charge is -2.17. The predicted molar refractivity (Wildman–Crippen MR) is 74.2 cm³/mol. The Morgan fingerprint density at radius 2 is 2.40 bits per heavy atom. The molecule has 2 aromatic rings. The van der Waals surface area contributed by atoms with Crippen molar-refractivity contribution in [2.24, 2.45) is 0 Å². The number of hydrogen-bond acceptors (Lipinski definition) is 5. The van der Waals surface area contributed by atoms with Gasteiger partial charge in [-0.15, -0.1) is 0 Å². The molecule has 3 heterocycles. The summed E-state index contributed by atoms with van der Waals surface area (Å²) in [6.07, 6.45) is 5.78. The van der Waals surface area contributed by atoms with Gasteiger partial charge in [0.1, 0.15) is 12.1 Å². The van der Waals surface area contributed by atoms with E-state index in [1.54, 1.807) is 25.8 Å². The number of amides is 1. The van der Waals surface area contributed by atoms with Crippen LogP contribution in [0, 0.1) is 0 Å². The standard InChI is InChI=1S/C14H16N4O2/c1-10(19)17-12-2-4-18(7-12)14-6-13(15-9-16-14)11-3-5-20-8-11/h3,5-6,8-9,12H,2,4,7H2,1H3,(H,17,19). The molecule has 1 unspecified atom stereocenters. The van der Waals surface area contributed by atoms with Crippen LogP contribution >= 0.6 is 0 Å². The molecule has 1 amide bonds. The summed E-state index contributed by atoms with van der Waals surface area (Å²) in [5.74, 6) is 0.891. The minimum absolute atomic E-state index is 0.0126. The molecule has 20 heavy (non-hydrogen) atoms. The summed E-state index contributed by atoms with van der Waals surface area (Å²) in [6.45, 7) is 3.21. The van der Waals surface area contributed by atoms with Crippen LogP contribution in [-0.4, -0.2) is 35.0 Å². The van der Waals surface area contributed by atoms with Gasteiger partial charge in [0.05, 0.1) is 18.2 Å². The summed E-state index contributed by atoms with van der Waals surface area (Å²) in [7, 11) is 0. The second-order valence-corrected chi connectivity index (χ2v) is 4.91. The molecular formula is C14H16N4O2. The molecule has 0 aliphatic carbocycles.